The molecule has 0 aliphatic carbocycles. The molecule has 3 aromatic rings. The molecule has 122 valence electrons. The van der Waals surface area contributed by atoms with Crippen molar-refractivity contribution < 1.29 is 9.32 Å². The maximum absolute atomic E-state index is 12.8. The van der Waals surface area contributed by atoms with Crippen LogP contribution < -0.4 is 0 Å². The zero-order valence-electron chi connectivity index (χ0n) is 13.3. The van der Waals surface area contributed by atoms with Crippen molar-refractivity contribution in [2.45, 2.75) is 18.8 Å². The summed E-state index contributed by atoms with van der Waals surface area (Å²) in [6.45, 7) is 3.29. The largest absolute Gasteiger partial charge is 0.343 e. The van der Waals surface area contributed by atoms with Gasteiger partial charge < -0.3 is 9.42 Å². The minimum atomic E-state index is 0.0520. The normalized spacial score (nSPS) is 20.5. The number of aryl methyl sites for hydroxylation is 1. The van der Waals surface area contributed by atoms with Gasteiger partial charge in [0.15, 0.2) is 5.82 Å². The summed E-state index contributed by atoms with van der Waals surface area (Å²) < 4.78 is 4.93. The van der Waals surface area contributed by atoms with Crippen LogP contribution >= 0.6 is 11.3 Å². The van der Waals surface area contributed by atoms with Crippen LogP contribution in [0.15, 0.2) is 53.4 Å². The van der Waals surface area contributed by atoms with E-state index in [4.69, 9.17) is 4.52 Å². The van der Waals surface area contributed by atoms with Crippen molar-refractivity contribution in [3.05, 3.63) is 70.0 Å². The molecule has 0 bridgehead atoms. The van der Waals surface area contributed by atoms with Crippen LogP contribution in [0.3, 0.4) is 0 Å². The number of benzene rings is 1. The van der Waals surface area contributed by atoms with Crippen molar-refractivity contribution >= 4 is 17.2 Å². The quantitative estimate of drug-likeness (QED) is 0.733. The van der Waals surface area contributed by atoms with Gasteiger partial charge in [0.2, 0.25) is 6.39 Å². The lowest BCUT2D eigenvalue weighted by atomic mass is 9.88. The van der Waals surface area contributed by atoms with E-state index in [0.29, 0.717) is 18.9 Å². The number of thiophene rings is 1. The predicted octanol–water partition coefficient (Wildman–Crippen LogP) is 3.46. The molecule has 1 aromatic carbocycles. The Hall–Kier alpha value is -2.47. The lowest BCUT2D eigenvalue weighted by Crippen LogP contribution is -2.28. The average Bonchev–Trinajstić information content (AvgIpc) is 3.35. The summed E-state index contributed by atoms with van der Waals surface area (Å²) in [7, 11) is 0. The van der Waals surface area contributed by atoms with Crippen LogP contribution in [0.2, 0.25) is 0 Å². The smallest absolute Gasteiger partial charge is 0.263 e. The first-order chi connectivity index (χ1) is 11.7. The molecule has 1 saturated heterocycles. The number of amides is 1. The molecule has 5 nitrogen and oxygen atoms in total. The van der Waals surface area contributed by atoms with Crippen LogP contribution in [0.25, 0.3) is 0 Å². The minimum absolute atomic E-state index is 0.0520. The van der Waals surface area contributed by atoms with Gasteiger partial charge in [-0.15, -0.1) is 11.3 Å². The van der Waals surface area contributed by atoms with Gasteiger partial charge in [-0.3, -0.25) is 4.79 Å². The summed E-state index contributed by atoms with van der Waals surface area (Å²) >= 11 is 1.54. The topological polar surface area (TPSA) is 59.2 Å². The van der Waals surface area contributed by atoms with Gasteiger partial charge in [0, 0.05) is 29.8 Å². The molecule has 2 atom stereocenters. The zero-order chi connectivity index (χ0) is 16.5. The fraction of sp³-hybridized carbons (Fsp3) is 0.278. The van der Waals surface area contributed by atoms with Crippen LogP contribution in [0, 0.1) is 6.92 Å². The SMILES string of the molecule is Cc1ccc(C(=O)N2C[C@H](c3ccccc3)[C@H](c3ncon3)C2)s1. The molecule has 1 amide bonds. The number of carbonyl (C=O) groups is 1. The molecule has 0 radical (unpaired) electrons. The third kappa shape index (κ3) is 2.73. The number of aromatic nitrogens is 2. The van der Waals surface area contributed by atoms with Crippen LogP contribution in [-0.4, -0.2) is 34.0 Å². The molecule has 6 heteroatoms. The lowest BCUT2D eigenvalue weighted by Gasteiger charge is -2.16. The average molecular weight is 339 g/mol. The number of rotatable bonds is 3. The highest BCUT2D eigenvalue weighted by Crippen LogP contribution is 2.39. The molecule has 4 rings (SSSR count). The molecule has 1 fully saturated rings. The second kappa shape index (κ2) is 6.20. The molecule has 1 aliphatic rings. The van der Waals surface area contributed by atoms with Crippen molar-refractivity contribution in [1.82, 2.24) is 15.0 Å². The van der Waals surface area contributed by atoms with Gasteiger partial charge in [0.25, 0.3) is 5.91 Å². The number of carbonyl (C=O) groups excluding carboxylic acids is 1. The van der Waals surface area contributed by atoms with Gasteiger partial charge in [-0.2, -0.15) is 4.98 Å². The highest BCUT2D eigenvalue weighted by molar-refractivity contribution is 7.13. The molecule has 0 N–H and O–H groups in total. The Morgan fingerprint density at radius 1 is 1.17 bits per heavy atom. The molecular weight excluding hydrogens is 322 g/mol. The van der Waals surface area contributed by atoms with Gasteiger partial charge in [-0.05, 0) is 24.6 Å². The van der Waals surface area contributed by atoms with Crippen molar-refractivity contribution in [1.29, 1.82) is 0 Å². The van der Waals surface area contributed by atoms with Gasteiger partial charge in [0.05, 0.1) is 4.88 Å². The van der Waals surface area contributed by atoms with Gasteiger partial charge >= 0.3 is 0 Å². The van der Waals surface area contributed by atoms with E-state index >= 15 is 0 Å². The van der Waals surface area contributed by atoms with Crippen molar-refractivity contribution in [2.75, 3.05) is 13.1 Å². The third-order valence-electron chi connectivity index (χ3n) is 4.50. The Labute approximate surface area is 143 Å². The standard InChI is InChI=1S/C18H17N3O2S/c1-12-7-8-16(24-12)18(22)21-9-14(13-5-3-2-4-6-13)15(10-21)17-19-11-23-20-17/h2-8,11,14-15H,9-10H2,1H3/t14-,15-/m1/s1. The Morgan fingerprint density at radius 2 is 1.96 bits per heavy atom. The fourth-order valence-electron chi connectivity index (χ4n) is 3.32. The molecule has 0 spiro atoms. The second-order valence-electron chi connectivity index (χ2n) is 6.03. The first-order valence-electron chi connectivity index (χ1n) is 7.89. The van der Waals surface area contributed by atoms with E-state index in [1.54, 1.807) is 0 Å². The molecule has 1 aliphatic heterocycles. The summed E-state index contributed by atoms with van der Waals surface area (Å²) in [5.74, 6) is 0.978. The van der Waals surface area contributed by atoms with Crippen LogP contribution in [-0.2, 0) is 0 Å². The van der Waals surface area contributed by atoms with Gasteiger partial charge in [-0.1, -0.05) is 35.5 Å². The van der Waals surface area contributed by atoms with Gasteiger partial charge in [0.1, 0.15) is 0 Å². The third-order valence-corrected chi connectivity index (χ3v) is 5.48. The zero-order valence-corrected chi connectivity index (χ0v) is 14.1. The van der Waals surface area contributed by atoms with E-state index < -0.39 is 0 Å². The Balaban J connectivity index is 1.64. The number of hydrogen-bond acceptors (Lipinski definition) is 5. The molecule has 2 aromatic heterocycles. The van der Waals surface area contributed by atoms with E-state index in [9.17, 15) is 4.79 Å². The summed E-state index contributed by atoms with van der Waals surface area (Å²) in [4.78, 5) is 20.9. The lowest BCUT2D eigenvalue weighted by molar-refractivity contribution is 0.0793. The second-order valence-corrected chi connectivity index (χ2v) is 7.32. The van der Waals surface area contributed by atoms with Gasteiger partial charge in [-0.25, -0.2) is 0 Å². The first kappa shape index (κ1) is 15.1. The van der Waals surface area contributed by atoms with E-state index in [1.807, 2.05) is 42.2 Å². The molecule has 24 heavy (non-hydrogen) atoms. The number of likely N-dealkylation sites (tertiary alicyclic amines) is 1. The monoisotopic (exact) mass is 339 g/mol. The molecular formula is C18H17N3O2S. The fourth-order valence-corrected chi connectivity index (χ4v) is 4.15. The Morgan fingerprint density at radius 3 is 2.62 bits per heavy atom. The first-order valence-corrected chi connectivity index (χ1v) is 8.71. The number of nitrogens with zero attached hydrogens (tertiary/aromatic N) is 3. The van der Waals surface area contributed by atoms with Crippen LogP contribution in [0.4, 0.5) is 0 Å². The Bertz CT molecular complexity index is 829. The highest BCUT2D eigenvalue weighted by Gasteiger charge is 2.39. The number of hydrogen-bond donors (Lipinski definition) is 0. The molecule has 0 unspecified atom stereocenters. The van der Waals surface area contributed by atoms with E-state index in [2.05, 4.69) is 22.3 Å². The minimum Gasteiger partial charge on any atom is -0.343 e. The summed E-state index contributed by atoms with van der Waals surface area (Å²) in [6.07, 6.45) is 1.35. The maximum Gasteiger partial charge on any atom is 0.263 e. The van der Waals surface area contributed by atoms with E-state index in [-0.39, 0.29) is 17.7 Å². The molecule has 0 saturated carbocycles. The van der Waals surface area contributed by atoms with E-state index in [1.165, 1.54) is 23.3 Å². The van der Waals surface area contributed by atoms with E-state index in [0.717, 1.165) is 9.75 Å². The highest BCUT2D eigenvalue weighted by atomic mass is 32.1. The predicted molar refractivity (Wildman–Crippen MR) is 91.2 cm³/mol. The van der Waals surface area contributed by atoms with Crippen LogP contribution in [0.5, 0.6) is 0 Å². The summed E-state index contributed by atoms with van der Waals surface area (Å²) in [6, 6.07) is 14.1. The summed E-state index contributed by atoms with van der Waals surface area (Å²) in [5, 5.41) is 4.02. The molecule has 3 heterocycles. The summed E-state index contributed by atoms with van der Waals surface area (Å²) in [5.41, 5.74) is 1.20. The van der Waals surface area contributed by atoms with Crippen molar-refractivity contribution in [3.8, 4) is 0 Å². The Kier molecular flexibility index (Phi) is 3.90. The van der Waals surface area contributed by atoms with Crippen molar-refractivity contribution in [3.63, 3.8) is 0 Å². The van der Waals surface area contributed by atoms with Crippen LogP contribution in [0.1, 0.15) is 37.8 Å². The maximum atomic E-state index is 12.8. The van der Waals surface area contributed by atoms with Crippen molar-refractivity contribution in [2.24, 2.45) is 0 Å².